The highest BCUT2D eigenvalue weighted by atomic mass is 16.2. The van der Waals surface area contributed by atoms with Gasteiger partial charge in [0, 0.05) is 19.7 Å². The molecule has 0 aromatic heterocycles. The molecule has 0 radical (unpaired) electrons. The Bertz CT molecular complexity index is 340. The fourth-order valence-electron chi connectivity index (χ4n) is 2.46. The molecule has 0 spiro atoms. The first kappa shape index (κ1) is 37.3. The van der Waals surface area contributed by atoms with Crippen molar-refractivity contribution in [2.75, 3.05) is 33.8 Å². The molecule has 1 aliphatic heterocycles. The lowest BCUT2D eigenvalue weighted by Gasteiger charge is -2.19. The van der Waals surface area contributed by atoms with Crippen molar-refractivity contribution in [3.05, 3.63) is 49.1 Å². The normalized spacial score (nSPS) is 13.1. The van der Waals surface area contributed by atoms with Gasteiger partial charge in [0.15, 0.2) is 0 Å². The summed E-state index contributed by atoms with van der Waals surface area (Å²) in [5, 5.41) is 10.6. The average Bonchev–Trinajstić information content (AvgIpc) is 3.32. The van der Waals surface area contributed by atoms with E-state index < -0.39 is 0 Å². The van der Waals surface area contributed by atoms with Crippen LogP contribution in [0.15, 0.2) is 43.5 Å². The highest BCUT2D eigenvalue weighted by molar-refractivity contribution is 5.14. The van der Waals surface area contributed by atoms with Gasteiger partial charge in [-0.25, -0.2) is 0 Å². The molecule has 28 heavy (non-hydrogen) atoms. The van der Waals surface area contributed by atoms with E-state index in [4.69, 9.17) is 9.90 Å². The molecule has 0 saturated carbocycles. The van der Waals surface area contributed by atoms with Crippen LogP contribution >= 0.6 is 0 Å². The number of likely N-dealkylation sites (N-methyl/N-ethyl adjacent to an activating group) is 1. The predicted octanol–water partition coefficient (Wildman–Crippen LogP) is 5.22. The second-order valence-electron chi connectivity index (χ2n) is 5.12. The van der Waals surface area contributed by atoms with E-state index in [9.17, 15) is 0 Å². The molecular formula is C24H50N2O2. The van der Waals surface area contributed by atoms with Gasteiger partial charge in [-0.15, -0.1) is 13.2 Å². The zero-order chi connectivity index (χ0) is 21.9. The second-order valence-corrected chi connectivity index (χ2v) is 5.12. The highest BCUT2D eigenvalue weighted by Gasteiger charge is 2.13. The Labute approximate surface area is 177 Å². The number of aliphatic hydroxyl groups is 1. The van der Waals surface area contributed by atoms with E-state index in [-0.39, 0.29) is 7.43 Å². The molecule has 0 aliphatic carbocycles. The predicted molar refractivity (Wildman–Crippen MR) is 129 cm³/mol. The Balaban J connectivity index is -0.000000140. The monoisotopic (exact) mass is 398 g/mol. The second kappa shape index (κ2) is 36.4. The first-order chi connectivity index (χ1) is 13.3. The average molecular weight is 399 g/mol. The summed E-state index contributed by atoms with van der Waals surface area (Å²) in [6, 6.07) is 11.5. The third kappa shape index (κ3) is 24.5. The van der Waals surface area contributed by atoms with Crippen LogP contribution in [0.25, 0.3) is 0 Å². The number of carbonyl (C=O) groups is 1. The Kier molecular flexibility index (Phi) is 48.5. The van der Waals surface area contributed by atoms with Gasteiger partial charge in [0.05, 0.1) is 0 Å². The lowest BCUT2D eigenvalue weighted by Crippen LogP contribution is -2.29. The van der Waals surface area contributed by atoms with Gasteiger partial charge < -0.3 is 20.1 Å². The maximum atomic E-state index is 8.00. The number of aliphatic hydroxyl groups excluding tert-OH is 1. The Morgan fingerprint density at radius 3 is 1.96 bits per heavy atom. The van der Waals surface area contributed by atoms with E-state index in [1.165, 1.54) is 37.9 Å². The van der Waals surface area contributed by atoms with Crippen LogP contribution < -0.4 is 5.32 Å². The third-order valence-corrected chi connectivity index (χ3v) is 3.65. The number of benzene rings is 1. The van der Waals surface area contributed by atoms with E-state index in [2.05, 4.69) is 60.8 Å². The molecule has 0 amide bonds. The van der Waals surface area contributed by atoms with E-state index in [1.807, 2.05) is 34.5 Å². The SMILES string of the molecule is C.C=C.C=O.CC.CC.CN(CCc1ccccc1)CCC1CCCN1.CO. The minimum atomic E-state index is 0. The smallest absolute Gasteiger partial charge is 0.106 e. The number of nitrogens with one attached hydrogen (secondary N) is 1. The molecule has 1 heterocycles. The fourth-order valence-corrected chi connectivity index (χ4v) is 2.46. The van der Waals surface area contributed by atoms with Crippen molar-refractivity contribution in [3.8, 4) is 0 Å². The van der Waals surface area contributed by atoms with Crippen molar-refractivity contribution in [3.63, 3.8) is 0 Å². The van der Waals surface area contributed by atoms with Crippen molar-refractivity contribution >= 4 is 6.79 Å². The van der Waals surface area contributed by atoms with Gasteiger partial charge in [0.2, 0.25) is 0 Å². The lowest BCUT2D eigenvalue weighted by atomic mass is 10.1. The summed E-state index contributed by atoms with van der Waals surface area (Å²) in [6.07, 6.45) is 5.19. The van der Waals surface area contributed by atoms with Gasteiger partial charge in [-0.05, 0) is 51.4 Å². The Morgan fingerprint density at radius 2 is 1.54 bits per heavy atom. The van der Waals surface area contributed by atoms with Crippen molar-refractivity contribution in [2.24, 2.45) is 0 Å². The first-order valence-corrected chi connectivity index (χ1v) is 10.0. The molecule has 1 atom stereocenters. The van der Waals surface area contributed by atoms with Crippen LogP contribution in [0.1, 0.15) is 59.9 Å². The van der Waals surface area contributed by atoms with Crippen LogP contribution in [0.5, 0.6) is 0 Å². The number of carbonyl (C=O) groups excluding carboxylic acids is 1. The summed E-state index contributed by atoms with van der Waals surface area (Å²) in [7, 11) is 3.23. The minimum absolute atomic E-state index is 0. The number of hydrogen-bond acceptors (Lipinski definition) is 4. The van der Waals surface area contributed by atoms with Gasteiger partial charge in [-0.2, -0.15) is 0 Å². The molecule has 1 unspecified atom stereocenters. The van der Waals surface area contributed by atoms with Crippen molar-refractivity contribution < 1.29 is 9.90 Å². The molecule has 1 aromatic carbocycles. The quantitative estimate of drug-likeness (QED) is 0.645. The molecule has 4 heteroatoms. The van der Waals surface area contributed by atoms with Gasteiger partial charge >= 0.3 is 0 Å². The van der Waals surface area contributed by atoms with Crippen LogP contribution in [0, 0.1) is 0 Å². The third-order valence-electron chi connectivity index (χ3n) is 3.65. The van der Waals surface area contributed by atoms with Crippen molar-refractivity contribution in [1.82, 2.24) is 10.2 Å². The fraction of sp³-hybridized carbons (Fsp3) is 0.625. The van der Waals surface area contributed by atoms with Gasteiger partial charge in [0.25, 0.3) is 0 Å². The van der Waals surface area contributed by atoms with Gasteiger partial charge in [-0.3, -0.25) is 0 Å². The maximum absolute atomic E-state index is 8.00. The van der Waals surface area contributed by atoms with E-state index in [0.29, 0.717) is 0 Å². The van der Waals surface area contributed by atoms with Crippen LogP contribution in [-0.2, 0) is 11.2 Å². The van der Waals surface area contributed by atoms with Crippen LogP contribution in [0.2, 0.25) is 0 Å². The zero-order valence-corrected chi connectivity index (χ0v) is 18.8. The van der Waals surface area contributed by atoms with Gasteiger partial charge in [-0.1, -0.05) is 65.5 Å². The minimum Gasteiger partial charge on any atom is -0.400 e. The molecular weight excluding hydrogens is 348 g/mol. The molecule has 2 N–H and O–H groups in total. The Morgan fingerprint density at radius 1 is 1.04 bits per heavy atom. The molecule has 0 bridgehead atoms. The zero-order valence-electron chi connectivity index (χ0n) is 18.8. The van der Waals surface area contributed by atoms with Gasteiger partial charge in [0.1, 0.15) is 6.79 Å². The largest absolute Gasteiger partial charge is 0.400 e. The molecule has 168 valence electrons. The molecule has 1 aromatic rings. The molecule has 1 fully saturated rings. The Hall–Kier alpha value is -1.49. The molecule has 4 nitrogen and oxygen atoms in total. The standard InChI is InChI=1S/C15H24N2.2C2H6.C2H4.CH4O.CH2O.CH4/c1-17(13-10-15-8-5-11-16-15)12-9-14-6-3-2-4-7-14;5*1-2;/h2-4,6-7,15-16H,5,8-13H2,1H3;2*1-2H3;1-2H2;2H,1H3;1H2;1H4. The number of rotatable bonds is 6. The van der Waals surface area contributed by atoms with E-state index in [0.717, 1.165) is 26.1 Å². The molecule has 2 rings (SSSR count). The number of nitrogens with zero attached hydrogens (tertiary/aromatic N) is 1. The molecule has 1 saturated heterocycles. The summed E-state index contributed by atoms with van der Waals surface area (Å²) in [4.78, 5) is 10.5. The topological polar surface area (TPSA) is 52.6 Å². The summed E-state index contributed by atoms with van der Waals surface area (Å²) in [5.41, 5.74) is 1.44. The van der Waals surface area contributed by atoms with Crippen LogP contribution in [0.3, 0.4) is 0 Å². The summed E-state index contributed by atoms with van der Waals surface area (Å²) in [5.74, 6) is 0. The first-order valence-electron chi connectivity index (χ1n) is 10.0. The summed E-state index contributed by atoms with van der Waals surface area (Å²) >= 11 is 0. The number of hydrogen-bond donors (Lipinski definition) is 2. The summed E-state index contributed by atoms with van der Waals surface area (Å²) in [6.45, 7) is 19.6. The van der Waals surface area contributed by atoms with Crippen LogP contribution in [0.4, 0.5) is 0 Å². The summed E-state index contributed by atoms with van der Waals surface area (Å²) < 4.78 is 0. The van der Waals surface area contributed by atoms with E-state index >= 15 is 0 Å². The lowest BCUT2D eigenvalue weighted by molar-refractivity contribution is -0.0979. The molecule has 1 aliphatic rings. The van der Waals surface area contributed by atoms with Crippen LogP contribution in [-0.4, -0.2) is 56.6 Å². The van der Waals surface area contributed by atoms with E-state index in [1.54, 1.807) is 0 Å². The van der Waals surface area contributed by atoms with Crippen molar-refractivity contribution in [1.29, 1.82) is 0 Å². The van der Waals surface area contributed by atoms with Crippen molar-refractivity contribution in [2.45, 2.75) is 66.8 Å². The highest BCUT2D eigenvalue weighted by Crippen LogP contribution is 2.09. The maximum Gasteiger partial charge on any atom is 0.106 e.